The summed E-state index contributed by atoms with van der Waals surface area (Å²) in [7, 11) is 1.68. The van der Waals surface area contributed by atoms with Gasteiger partial charge in [0.1, 0.15) is 11.4 Å². The van der Waals surface area contributed by atoms with E-state index in [0.717, 1.165) is 18.0 Å². The molecule has 1 fully saturated rings. The standard InChI is InChI=1S/C15H19N3OS/c1-19-15-5-3-2-4-14(15)18-10-12(9-17-18)8-16-13-6-7-20-11-13/h2-5,9-10,13,16H,6-8,11H2,1H3/t13-/m0/s1. The molecule has 4 nitrogen and oxygen atoms in total. The van der Waals surface area contributed by atoms with Gasteiger partial charge in [0, 0.05) is 30.1 Å². The Labute approximate surface area is 123 Å². The van der Waals surface area contributed by atoms with Gasteiger partial charge in [0.2, 0.25) is 0 Å². The first kappa shape index (κ1) is 13.5. The summed E-state index contributed by atoms with van der Waals surface area (Å²) in [6, 6.07) is 8.57. The first-order valence-corrected chi connectivity index (χ1v) is 8.00. The number of methoxy groups -OCH3 is 1. The quantitative estimate of drug-likeness (QED) is 0.918. The molecule has 1 N–H and O–H groups in total. The van der Waals surface area contributed by atoms with Crippen molar-refractivity contribution in [2.24, 2.45) is 0 Å². The first-order chi connectivity index (χ1) is 9.86. The molecular weight excluding hydrogens is 270 g/mol. The topological polar surface area (TPSA) is 39.1 Å². The van der Waals surface area contributed by atoms with Gasteiger partial charge in [0.05, 0.1) is 13.3 Å². The molecule has 0 aliphatic carbocycles. The molecule has 0 bridgehead atoms. The second kappa shape index (κ2) is 6.33. The maximum absolute atomic E-state index is 5.37. The summed E-state index contributed by atoms with van der Waals surface area (Å²) in [6.45, 7) is 0.875. The molecule has 1 aromatic carbocycles. The Morgan fingerprint density at radius 1 is 1.45 bits per heavy atom. The van der Waals surface area contributed by atoms with Crippen LogP contribution in [0.1, 0.15) is 12.0 Å². The van der Waals surface area contributed by atoms with Crippen molar-refractivity contribution >= 4 is 11.8 Å². The van der Waals surface area contributed by atoms with E-state index in [-0.39, 0.29) is 0 Å². The van der Waals surface area contributed by atoms with Crippen molar-refractivity contribution in [3.05, 3.63) is 42.2 Å². The number of nitrogens with one attached hydrogen (secondary N) is 1. The Balaban J connectivity index is 1.69. The van der Waals surface area contributed by atoms with Crippen molar-refractivity contribution in [3.8, 4) is 11.4 Å². The van der Waals surface area contributed by atoms with Gasteiger partial charge in [-0.15, -0.1) is 0 Å². The molecule has 0 amide bonds. The van der Waals surface area contributed by atoms with Crippen LogP contribution in [0.15, 0.2) is 36.7 Å². The number of para-hydroxylation sites is 2. The summed E-state index contributed by atoms with van der Waals surface area (Å²) < 4.78 is 7.25. The van der Waals surface area contributed by atoms with Crippen molar-refractivity contribution in [2.75, 3.05) is 18.6 Å². The lowest BCUT2D eigenvalue weighted by molar-refractivity contribution is 0.411. The zero-order valence-electron chi connectivity index (χ0n) is 11.6. The molecule has 20 heavy (non-hydrogen) atoms. The normalized spacial score (nSPS) is 18.4. The van der Waals surface area contributed by atoms with Gasteiger partial charge in [-0.1, -0.05) is 12.1 Å². The highest BCUT2D eigenvalue weighted by molar-refractivity contribution is 7.99. The van der Waals surface area contributed by atoms with Gasteiger partial charge >= 0.3 is 0 Å². The molecule has 0 radical (unpaired) electrons. The van der Waals surface area contributed by atoms with Gasteiger partial charge in [0.15, 0.2) is 0 Å². The fraction of sp³-hybridized carbons (Fsp3) is 0.400. The Morgan fingerprint density at radius 2 is 2.35 bits per heavy atom. The van der Waals surface area contributed by atoms with Crippen LogP contribution in [0.5, 0.6) is 5.75 Å². The third-order valence-corrected chi connectivity index (χ3v) is 4.66. The van der Waals surface area contributed by atoms with Gasteiger partial charge in [-0.25, -0.2) is 4.68 Å². The maximum atomic E-state index is 5.37. The van der Waals surface area contributed by atoms with Crippen molar-refractivity contribution < 1.29 is 4.74 Å². The van der Waals surface area contributed by atoms with Crippen LogP contribution in [-0.2, 0) is 6.54 Å². The molecule has 1 saturated heterocycles. The van der Waals surface area contributed by atoms with Crippen LogP contribution < -0.4 is 10.1 Å². The molecule has 106 valence electrons. The van der Waals surface area contributed by atoms with E-state index in [1.807, 2.05) is 46.9 Å². The van der Waals surface area contributed by atoms with E-state index in [4.69, 9.17) is 4.74 Å². The van der Waals surface area contributed by atoms with E-state index in [9.17, 15) is 0 Å². The summed E-state index contributed by atoms with van der Waals surface area (Å²) in [5, 5.41) is 8.02. The van der Waals surface area contributed by atoms with E-state index in [0.29, 0.717) is 6.04 Å². The van der Waals surface area contributed by atoms with E-state index in [1.54, 1.807) is 7.11 Å². The number of hydrogen-bond donors (Lipinski definition) is 1. The van der Waals surface area contributed by atoms with Crippen LogP contribution in [-0.4, -0.2) is 34.4 Å². The summed E-state index contributed by atoms with van der Waals surface area (Å²) >= 11 is 2.02. The Hall–Kier alpha value is -1.46. The minimum atomic E-state index is 0.648. The lowest BCUT2D eigenvalue weighted by Crippen LogP contribution is -2.27. The predicted molar refractivity (Wildman–Crippen MR) is 82.7 cm³/mol. The molecule has 0 unspecified atom stereocenters. The molecule has 1 aliphatic heterocycles. The molecule has 2 heterocycles. The minimum absolute atomic E-state index is 0.648. The number of nitrogens with zero attached hydrogens (tertiary/aromatic N) is 2. The molecular formula is C15H19N3OS. The monoisotopic (exact) mass is 289 g/mol. The second-order valence-corrected chi connectivity index (χ2v) is 6.06. The highest BCUT2D eigenvalue weighted by Crippen LogP contribution is 2.22. The average Bonchev–Trinajstić information content (AvgIpc) is 3.16. The SMILES string of the molecule is COc1ccccc1-n1cc(CN[C@H]2CCSC2)cn1. The molecule has 2 aromatic rings. The minimum Gasteiger partial charge on any atom is -0.494 e. The van der Waals surface area contributed by atoms with E-state index in [1.165, 1.54) is 23.5 Å². The third-order valence-electron chi connectivity index (χ3n) is 3.49. The van der Waals surface area contributed by atoms with E-state index in [2.05, 4.69) is 16.6 Å². The van der Waals surface area contributed by atoms with Gasteiger partial charge in [-0.2, -0.15) is 16.9 Å². The molecule has 1 aromatic heterocycles. The first-order valence-electron chi connectivity index (χ1n) is 6.85. The number of aromatic nitrogens is 2. The average molecular weight is 289 g/mol. The Kier molecular flexibility index (Phi) is 4.28. The molecule has 3 rings (SSSR count). The van der Waals surface area contributed by atoms with Crippen LogP contribution in [0.2, 0.25) is 0 Å². The summed E-state index contributed by atoms with van der Waals surface area (Å²) in [6.07, 6.45) is 5.25. The highest BCUT2D eigenvalue weighted by Gasteiger charge is 2.14. The Morgan fingerprint density at radius 3 is 3.15 bits per heavy atom. The Bertz CT molecular complexity index is 564. The zero-order valence-corrected chi connectivity index (χ0v) is 12.4. The van der Waals surface area contributed by atoms with Gasteiger partial charge in [-0.3, -0.25) is 0 Å². The van der Waals surface area contributed by atoms with E-state index >= 15 is 0 Å². The second-order valence-electron chi connectivity index (χ2n) is 4.91. The van der Waals surface area contributed by atoms with Gasteiger partial charge in [-0.05, 0) is 24.3 Å². The van der Waals surface area contributed by atoms with Crippen molar-refractivity contribution in [3.63, 3.8) is 0 Å². The van der Waals surface area contributed by atoms with Crippen molar-refractivity contribution in [1.29, 1.82) is 0 Å². The predicted octanol–water partition coefficient (Wildman–Crippen LogP) is 2.48. The molecule has 0 spiro atoms. The highest BCUT2D eigenvalue weighted by atomic mass is 32.2. The molecule has 0 saturated carbocycles. The number of benzene rings is 1. The zero-order chi connectivity index (χ0) is 13.8. The third kappa shape index (κ3) is 2.99. The van der Waals surface area contributed by atoms with Crippen LogP contribution in [0.4, 0.5) is 0 Å². The van der Waals surface area contributed by atoms with Crippen LogP contribution in [0.25, 0.3) is 5.69 Å². The van der Waals surface area contributed by atoms with Gasteiger partial charge in [0.25, 0.3) is 0 Å². The van der Waals surface area contributed by atoms with E-state index < -0.39 is 0 Å². The number of thioether (sulfide) groups is 1. The lowest BCUT2D eigenvalue weighted by atomic mass is 10.2. The van der Waals surface area contributed by atoms with Crippen molar-refractivity contribution in [1.82, 2.24) is 15.1 Å². The largest absolute Gasteiger partial charge is 0.494 e. The lowest BCUT2D eigenvalue weighted by Gasteiger charge is -2.09. The number of rotatable bonds is 5. The van der Waals surface area contributed by atoms with Crippen LogP contribution in [0, 0.1) is 0 Å². The summed E-state index contributed by atoms with van der Waals surface area (Å²) in [5.41, 5.74) is 2.17. The summed E-state index contributed by atoms with van der Waals surface area (Å²) in [4.78, 5) is 0. The fourth-order valence-electron chi connectivity index (χ4n) is 2.36. The molecule has 1 aliphatic rings. The number of ether oxygens (including phenoxy) is 1. The van der Waals surface area contributed by atoms with Crippen LogP contribution in [0.3, 0.4) is 0 Å². The molecule has 1 atom stereocenters. The van der Waals surface area contributed by atoms with Crippen LogP contribution >= 0.6 is 11.8 Å². The fourth-order valence-corrected chi connectivity index (χ4v) is 3.55. The molecule has 5 heteroatoms. The van der Waals surface area contributed by atoms with Gasteiger partial charge < -0.3 is 10.1 Å². The smallest absolute Gasteiger partial charge is 0.144 e. The summed E-state index contributed by atoms with van der Waals surface area (Å²) in [5.74, 6) is 3.33. The number of hydrogen-bond acceptors (Lipinski definition) is 4. The van der Waals surface area contributed by atoms with Crippen molar-refractivity contribution in [2.45, 2.75) is 19.0 Å². The maximum Gasteiger partial charge on any atom is 0.144 e.